The van der Waals surface area contributed by atoms with Crippen molar-refractivity contribution in [3.05, 3.63) is 63.7 Å². The quantitative estimate of drug-likeness (QED) is 0.785. The van der Waals surface area contributed by atoms with Gasteiger partial charge in [0.05, 0.1) is 12.2 Å². The zero-order valence-electron chi connectivity index (χ0n) is 14.0. The number of amides is 1. The second kappa shape index (κ2) is 6.16. The number of imidazole rings is 1. The molecule has 128 valence electrons. The van der Waals surface area contributed by atoms with Gasteiger partial charge in [0.25, 0.3) is 11.5 Å². The van der Waals surface area contributed by atoms with Gasteiger partial charge in [-0.25, -0.2) is 9.97 Å². The molecule has 0 spiro atoms. The summed E-state index contributed by atoms with van der Waals surface area (Å²) in [5.74, 6) is 0.353. The topological polar surface area (TPSA) is 81.3 Å². The number of aromatic nitrogens is 4. The number of carbonyl (C=O) groups is 1. The fraction of sp³-hybridized carbons (Fsp3) is 0.333. The van der Waals surface area contributed by atoms with Gasteiger partial charge in [-0.05, 0) is 31.4 Å². The van der Waals surface area contributed by atoms with E-state index in [0.717, 1.165) is 36.2 Å². The van der Waals surface area contributed by atoms with Crippen LogP contribution < -0.4 is 10.9 Å². The molecule has 0 atom stereocenters. The summed E-state index contributed by atoms with van der Waals surface area (Å²) in [6.07, 6.45) is 6.59. The van der Waals surface area contributed by atoms with Crippen molar-refractivity contribution in [1.82, 2.24) is 24.3 Å². The number of aryl methyl sites for hydroxylation is 2. The van der Waals surface area contributed by atoms with Crippen LogP contribution >= 0.6 is 0 Å². The van der Waals surface area contributed by atoms with Crippen LogP contribution in [0.1, 0.15) is 40.4 Å². The number of carbonyl (C=O) groups excluding carboxylic acids is 1. The number of rotatable bonds is 3. The van der Waals surface area contributed by atoms with Crippen LogP contribution in [0.15, 0.2) is 35.4 Å². The summed E-state index contributed by atoms with van der Waals surface area (Å²) in [7, 11) is 0. The standard InChI is InChI=1S/C18H19N5O2/c1-12-5-6-15-20-13(11-22(15)10-12)9-19-18(25)14-8-17(24)23-7-3-2-4-16(23)21-14/h5-6,8,10-11H,2-4,7,9H2,1H3,(H,19,25). The molecule has 1 aliphatic heterocycles. The normalized spacial score (nSPS) is 13.6. The maximum Gasteiger partial charge on any atom is 0.270 e. The van der Waals surface area contributed by atoms with Gasteiger partial charge in [0.1, 0.15) is 17.2 Å². The van der Waals surface area contributed by atoms with E-state index in [9.17, 15) is 9.59 Å². The van der Waals surface area contributed by atoms with Gasteiger partial charge in [-0.3, -0.25) is 14.2 Å². The van der Waals surface area contributed by atoms with Crippen LogP contribution in [0.25, 0.3) is 5.65 Å². The van der Waals surface area contributed by atoms with Gasteiger partial charge in [0.15, 0.2) is 0 Å². The molecule has 1 aliphatic rings. The van der Waals surface area contributed by atoms with Crippen molar-refractivity contribution in [3.63, 3.8) is 0 Å². The molecule has 0 fully saturated rings. The smallest absolute Gasteiger partial charge is 0.270 e. The zero-order chi connectivity index (χ0) is 17.4. The van der Waals surface area contributed by atoms with Crippen molar-refractivity contribution >= 4 is 11.6 Å². The molecule has 3 aromatic rings. The van der Waals surface area contributed by atoms with Gasteiger partial charge in [-0.1, -0.05) is 6.07 Å². The van der Waals surface area contributed by atoms with Gasteiger partial charge in [-0.2, -0.15) is 0 Å². The highest BCUT2D eigenvalue weighted by Gasteiger charge is 2.16. The van der Waals surface area contributed by atoms with Crippen LogP contribution in [0.5, 0.6) is 0 Å². The Labute approximate surface area is 144 Å². The molecule has 4 heterocycles. The minimum Gasteiger partial charge on any atom is -0.345 e. The number of hydrogen-bond donors (Lipinski definition) is 1. The van der Waals surface area contributed by atoms with Crippen molar-refractivity contribution in [2.45, 2.75) is 39.3 Å². The lowest BCUT2D eigenvalue weighted by atomic mass is 10.1. The Morgan fingerprint density at radius 2 is 2.12 bits per heavy atom. The minimum absolute atomic E-state index is 0.155. The molecule has 1 amide bonds. The van der Waals surface area contributed by atoms with Gasteiger partial charge < -0.3 is 9.72 Å². The summed E-state index contributed by atoms with van der Waals surface area (Å²) in [5.41, 5.74) is 2.75. The van der Waals surface area contributed by atoms with E-state index >= 15 is 0 Å². The lowest BCUT2D eigenvalue weighted by Crippen LogP contribution is -2.32. The first-order valence-corrected chi connectivity index (χ1v) is 8.43. The van der Waals surface area contributed by atoms with E-state index in [1.54, 1.807) is 4.57 Å². The first kappa shape index (κ1) is 15.6. The van der Waals surface area contributed by atoms with Crippen molar-refractivity contribution < 1.29 is 4.79 Å². The van der Waals surface area contributed by atoms with E-state index in [2.05, 4.69) is 15.3 Å². The molecule has 0 bridgehead atoms. The first-order chi connectivity index (χ1) is 12.1. The molecule has 7 heteroatoms. The molecule has 1 N–H and O–H groups in total. The van der Waals surface area contributed by atoms with Crippen LogP contribution in [-0.2, 0) is 19.5 Å². The van der Waals surface area contributed by atoms with E-state index in [1.165, 1.54) is 6.07 Å². The highest BCUT2D eigenvalue weighted by atomic mass is 16.2. The molecule has 4 rings (SSSR count). The Hall–Kier alpha value is -2.96. The van der Waals surface area contributed by atoms with E-state index in [1.807, 2.05) is 35.9 Å². The SMILES string of the molecule is Cc1ccc2nc(CNC(=O)c3cc(=O)n4c(n3)CCCC4)cn2c1. The third-order valence-electron chi connectivity index (χ3n) is 4.43. The molecule has 0 saturated carbocycles. The second-order valence-electron chi connectivity index (χ2n) is 6.39. The lowest BCUT2D eigenvalue weighted by Gasteiger charge is -2.17. The number of nitrogens with zero attached hydrogens (tertiary/aromatic N) is 4. The molecule has 3 aromatic heterocycles. The average molecular weight is 337 g/mol. The van der Waals surface area contributed by atoms with E-state index in [0.29, 0.717) is 18.9 Å². The summed E-state index contributed by atoms with van der Waals surface area (Å²) in [6, 6.07) is 5.25. The molecule has 7 nitrogen and oxygen atoms in total. The van der Waals surface area contributed by atoms with Crippen LogP contribution in [0.3, 0.4) is 0 Å². The van der Waals surface area contributed by atoms with Gasteiger partial charge in [0, 0.05) is 31.4 Å². The summed E-state index contributed by atoms with van der Waals surface area (Å²) in [5, 5.41) is 2.80. The Morgan fingerprint density at radius 1 is 1.24 bits per heavy atom. The molecular weight excluding hydrogens is 318 g/mol. The van der Waals surface area contributed by atoms with Crippen LogP contribution in [0.2, 0.25) is 0 Å². The molecule has 0 aliphatic carbocycles. The van der Waals surface area contributed by atoms with E-state index in [4.69, 9.17) is 0 Å². The number of pyridine rings is 1. The summed E-state index contributed by atoms with van der Waals surface area (Å²) >= 11 is 0. The number of hydrogen-bond acceptors (Lipinski definition) is 4. The van der Waals surface area contributed by atoms with Crippen molar-refractivity contribution in [1.29, 1.82) is 0 Å². The molecule has 0 radical (unpaired) electrons. The minimum atomic E-state index is -0.348. The Bertz CT molecular complexity index is 1020. The number of fused-ring (bicyclic) bond motifs is 2. The van der Waals surface area contributed by atoms with Crippen LogP contribution in [0.4, 0.5) is 0 Å². The molecule has 25 heavy (non-hydrogen) atoms. The average Bonchev–Trinajstić information content (AvgIpc) is 3.01. The first-order valence-electron chi connectivity index (χ1n) is 8.43. The molecule has 0 unspecified atom stereocenters. The van der Waals surface area contributed by atoms with E-state index in [-0.39, 0.29) is 17.2 Å². The summed E-state index contributed by atoms with van der Waals surface area (Å²) in [6.45, 7) is 2.99. The fourth-order valence-electron chi connectivity index (χ4n) is 3.16. The molecule has 0 saturated heterocycles. The number of nitrogens with one attached hydrogen (secondary N) is 1. The largest absolute Gasteiger partial charge is 0.345 e. The van der Waals surface area contributed by atoms with Gasteiger partial charge >= 0.3 is 0 Å². The van der Waals surface area contributed by atoms with Crippen molar-refractivity contribution in [2.24, 2.45) is 0 Å². The van der Waals surface area contributed by atoms with Crippen molar-refractivity contribution in [2.75, 3.05) is 0 Å². The highest BCUT2D eigenvalue weighted by Crippen LogP contribution is 2.11. The van der Waals surface area contributed by atoms with E-state index < -0.39 is 0 Å². The summed E-state index contributed by atoms with van der Waals surface area (Å²) < 4.78 is 3.59. The highest BCUT2D eigenvalue weighted by molar-refractivity contribution is 5.92. The monoisotopic (exact) mass is 337 g/mol. The zero-order valence-corrected chi connectivity index (χ0v) is 14.0. The fourth-order valence-corrected chi connectivity index (χ4v) is 3.16. The Kier molecular flexibility index (Phi) is 3.83. The van der Waals surface area contributed by atoms with Gasteiger partial charge in [-0.15, -0.1) is 0 Å². The maximum atomic E-state index is 12.4. The second-order valence-corrected chi connectivity index (χ2v) is 6.39. The van der Waals surface area contributed by atoms with Gasteiger partial charge in [0.2, 0.25) is 0 Å². The van der Waals surface area contributed by atoms with Crippen molar-refractivity contribution in [3.8, 4) is 0 Å². The predicted octanol–water partition coefficient (Wildman–Crippen LogP) is 1.47. The van der Waals surface area contributed by atoms with Crippen LogP contribution in [-0.4, -0.2) is 24.8 Å². The molecular formula is C18H19N5O2. The van der Waals surface area contributed by atoms with Crippen LogP contribution in [0, 0.1) is 6.92 Å². The summed E-state index contributed by atoms with van der Waals surface area (Å²) in [4.78, 5) is 33.3. The predicted molar refractivity (Wildman–Crippen MR) is 92.5 cm³/mol. The third kappa shape index (κ3) is 3.05. The maximum absolute atomic E-state index is 12.4. The third-order valence-corrected chi connectivity index (χ3v) is 4.43. The lowest BCUT2D eigenvalue weighted by molar-refractivity contribution is 0.0944. The Morgan fingerprint density at radius 3 is 3.00 bits per heavy atom. The molecule has 0 aromatic carbocycles. The Balaban J connectivity index is 1.51.